The smallest absolute Gasteiger partial charge is 0.320 e. The Balaban J connectivity index is 1.13. The molecule has 206 valence electrons. The number of rotatable bonds is 7. The first-order valence-electron chi connectivity index (χ1n) is 13.8. The Bertz CT molecular complexity index is 1350. The number of carbonyl (C=O) groups excluding carboxylic acids is 1. The predicted octanol–water partition coefficient (Wildman–Crippen LogP) is 5.78. The second-order valence-electron chi connectivity index (χ2n) is 11.0. The summed E-state index contributed by atoms with van der Waals surface area (Å²) < 4.78 is 27.2. The zero-order valence-electron chi connectivity index (χ0n) is 22.1. The summed E-state index contributed by atoms with van der Waals surface area (Å²) in [5.41, 5.74) is 3.11. The average Bonchev–Trinajstić information content (AvgIpc) is 3.38. The fourth-order valence-electron chi connectivity index (χ4n) is 6.24. The number of hydrogen-bond donors (Lipinski definition) is 3. The number of aromatic amines is 1. The van der Waals surface area contributed by atoms with Gasteiger partial charge in [0.2, 0.25) is 5.91 Å². The number of carboxylic acids is 1. The molecule has 8 heteroatoms. The first kappa shape index (κ1) is 27.1. The summed E-state index contributed by atoms with van der Waals surface area (Å²) in [6.45, 7) is 2.40. The van der Waals surface area contributed by atoms with E-state index >= 15 is 0 Å². The normalized spacial score (nSPS) is 21.5. The van der Waals surface area contributed by atoms with Crippen LogP contribution in [0.4, 0.5) is 8.78 Å². The number of H-pyrrole nitrogens is 1. The number of piperidine rings is 1. The number of amides is 1. The highest BCUT2D eigenvalue weighted by molar-refractivity contribution is 5.92. The summed E-state index contributed by atoms with van der Waals surface area (Å²) in [7, 11) is 0. The first-order valence-corrected chi connectivity index (χ1v) is 13.8. The van der Waals surface area contributed by atoms with E-state index in [0.717, 1.165) is 37.3 Å². The van der Waals surface area contributed by atoms with Crippen LogP contribution >= 0.6 is 0 Å². The van der Waals surface area contributed by atoms with E-state index in [-0.39, 0.29) is 23.4 Å². The predicted molar refractivity (Wildman–Crippen MR) is 147 cm³/mol. The van der Waals surface area contributed by atoms with Crippen molar-refractivity contribution < 1.29 is 23.5 Å². The Morgan fingerprint density at radius 2 is 1.79 bits per heavy atom. The summed E-state index contributed by atoms with van der Waals surface area (Å²) in [4.78, 5) is 29.9. The number of nitrogens with zero attached hydrogens (tertiary/aromatic N) is 1. The Kier molecular flexibility index (Phi) is 8.12. The van der Waals surface area contributed by atoms with E-state index in [2.05, 4.69) is 34.7 Å². The van der Waals surface area contributed by atoms with Crippen LogP contribution < -0.4 is 5.32 Å². The number of benzene rings is 2. The summed E-state index contributed by atoms with van der Waals surface area (Å²) in [5.74, 6) is -2.47. The van der Waals surface area contributed by atoms with Gasteiger partial charge in [-0.3, -0.25) is 9.59 Å². The Morgan fingerprint density at radius 3 is 2.49 bits per heavy atom. The number of para-hydroxylation sites is 1. The number of likely N-dealkylation sites (tertiary alicyclic amines) is 1. The summed E-state index contributed by atoms with van der Waals surface area (Å²) >= 11 is 0. The molecule has 1 aliphatic heterocycles. The lowest BCUT2D eigenvalue weighted by Gasteiger charge is -2.37. The van der Waals surface area contributed by atoms with Crippen LogP contribution in [0.3, 0.4) is 0 Å². The van der Waals surface area contributed by atoms with Crippen molar-refractivity contribution in [3.63, 3.8) is 0 Å². The third-order valence-corrected chi connectivity index (χ3v) is 8.44. The molecule has 0 radical (unpaired) electrons. The van der Waals surface area contributed by atoms with Crippen molar-refractivity contribution >= 4 is 28.9 Å². The maximum absolute atomic E-state index is 13.7. The van der Waals surface area contributed by atoms with Gasteiger partial charge in [0.15, 0.2) is 11.6 Å². The largest absolute Gasteiger partial charge is 0.480 e. The molecule has 2 heterocycles. The number of carboxylic acid groups (broad SMARTS) is 1. The fourth-order valence-corrected chi connectivity index (χ4v) is 6.24. The van der Waals surface area contributed by atoms with Crippen LogP contribution in [0.5, 0.6) is 0 Å². The van der Waals surface area contributed by atoms with Crippen LogP contribution in [0.2, 0.25) is 0 Å². The van der Waals surface area contributed by atoms with Crippen LogP contribution in [-0.4, -0.2) is 52.0 Å². The second-order valence-corrected chi connectivity index (χ2v) is 11.0. The molecule has 6 nitrogen and oxygen atoms in total. The van der Waals surface area contributed by atoms with Crippen molar-refractivity contribution in [3.05, 3.63) is 77.0 Å². The molecule has 39 heavy (non-hydrogen) atoms. The highest BCUT2D eigenvalue weighted by atomic mass is 19.2. The van der Waals surface area contributed by atoms with E-state index in [1.165, 1.54) is 36.1 Å². The lowest BCUT2D eigenvalue weighted by molar-refractivity contribution is -0.142. The van der Waals surface area contributed by atoms with E-state index in [1.54, 1.807) is 4.90 Å². The molecule has 1 saturated heterocycles. The molecule has 3 aromatic rings. The van der Waals surface area contributed by atoms with Gasteiger partial charge in [0.1, 0.15) is 6.04 Å². The zero-order valence-corrected chi connectivity index (χ0v) is 22.1. The topological polar surface area (TPSA) is 85.4 Å². The van der Waals surface area contributed by atoms with Crippen LogP contribution in [-0.2, 0) is 9.59 Å². The van der Waals surface area contributed by atoms with E-state index in [0.29, 0.717) is 37.4 Å². The first-order chi connectivity index (χ1) is 18.8. The molecule has 1 aliphatic carbocycles. The summed E-state index contributed by atoms with van der Waals surface area (Å²) in [6, 6.07) is 10.4. The van der Waals surface area contributed by atoms with E-state index in [1.807, 2.05) is 6.07 Å². The highest BCUT2D eigenvalue weighted by Crippen LogP contribution is 2.37. The molecule has 2 aliphatic rings. The number of aromatic nitrogens is 1. The van der Waals surface area contributed by atoms with Gasteiger partial charge in [-0.05, 0) is 98.2 Å². The number of aryl methyl sites for hydroxylation is 1. The maximum atomic E-state index is 13.7. The van der Waals surface area contributed by atoms with Crippen LogP contribution in [0.1, 0.15) is 61.1 Å². The molecule has 0 spiro atoms. The third kappa shape index (κ3) is 6.06. The molecule has 1 atom stereocenters. The quantitative estimate of drug-likeness (QED) is 0.335. The average molecular weight is 536 g/mol. The van der Waals surface area contributed by atoms with Crippen molar-refractivity contribution in [2.75, 3.05) is 13.1 Å². The van der Waals surface area contributed by atoms with Crippen molar-refractivity contribution in [2.24, 2.45) is 5.92 Å². The molecule has 1 aromatic heterocycles. The Morgan fingerprint density at radius 1 is 1.08 bits per heavy atom. The Labute approximate surface area is 227 Å². The standard InChI is InChI=1S/C31H35F2N3O3/c1-19-16-20(17-26(32)29(19)33)6-11-28(37)36-14-12-22(13-15-36)30(31(38)39)35-23-9-7-21(8-10-23)25-18-34-27-5-3-2-4-24(25)27/h2-6,11,16-18,21-23,30,34-35H,7-10,12-15H2,1H3,(H,38,39)/b11-6+/t21-,23-,30?. The van der Waals surface area contributed by atoms with Crippen LogP contribution in [0.25, 0.3) is 17.0 Å². The Hall–Kier alpha value is -3.52. The molecular weight excluding hydrogens is 500 g/mol. The highest BCUT2D eigenvalue weighted by Gasteiger charge is 2.35. The minimum absolute atomic E-state index is 0.0595. The molecule has 1 saturated carbocycles. The van der Waals surface area contributed by atoms with Gasteiger partial charge in [0.05, 0.1) is 0 Å². The summed E-state index contributed by atoms with van der Waals surface area (Å²) in [5, 5.41) is 14.7. The monoisotopic (exact) mass is 535 g/mol. The zero-order chi connectivity index (χ0) is 27.5. The molecule has 3 N–H and O–H groups in total. The SMILES string of the molecule is Cc1cc(/C=C/C(=O)N2CCC(C(N[C@H]3CC[C@H](c4c[nH]c5ccccc54)CC3)C(=O)O)CC2)cc(F)c1F. The molecular formula is C31H35F2N3O3. The van der Waals surface area contributed by atoms with Gasteiger partial charge < -0.3 is 20.3 Å². The van der Waals surface area contributed by atoms with E-state index < -0.39 is 23.6 Å². The fraction of sp³-hybridized carbons (Fsp3) is 0.419. The lowest BCUT2D eigenvalue weighted by atomic mass is 9.80. The van der Waals surface area contributed by atoms with E-state index in [9.17, 15) is 23.5 Å². The van der Waals surface area contributed by atoms with Gasteiger partial charge in [-0.1, -0.05) is 18.2 Å². The molecule has 2 fully saturated rings. The number of hydrogen-bond acceptors (Lipinski definition) is 3. The molecule has 0 bridgehead atoms. The lowest BCUT2D eigenvalue weighted by Crippen LogP contribution is -2.52. The van der Waals surface area contributed by atoms with Gasteiger partial charge in [-0.15, -0.1) is 0 Å². The molecule has 1 amide bonds. The van der Waals surface area contributed by atoms with Crippen molar-refractivity contribution in [1.82, 2.24) is 15.2 Å². The second kappa shape index (κ2) is 11.7. The number of halogens is 2. The van der Waals surface area contributed by atoms with Gasteiger partial charge in [-0.25, -0.2) is 8.78 Å². The van der Waals surface area contributed by atoms with Crippen LogP contribution in [0, 0.1) is 24.5 Å². The summed E-state index contributed by atoms with van der Waals surface area (Å²) in [6.07, 6.45) is 10.1. The minimum Gasteiger partial charge on any atom is -0.480 e. The van der Waals surface area contributed by atoms with Gasteiger partial charge in [0.25, 0.3) is 0 Å². The van der Waals surface area contributed by atoms with Crippen molar-refractivity contribution in [3.8, 4) is 0 Å². The number of nitrogens with one attached hydrogen (secondary N) is 2. The molecule has 2 aromatic carbocycles. The van der Waals surface area contributed by atoms with Gasteiger partial charge >= 0.3 is 5.97 Å². The number of carbonyl (C=O) groups is 2. The number of fused-ring (bicyclic) bond motifs is 1. The number of aliphatic carboxylic acids is 1. The van der Waals surface area contributed by atoms with Crippen molar-refractivity contribution in [2.45, 2.75) is 63.5 Å². The minimum atomic E-state index is -0.943. The van der Waals surface area contributed by atoms with Gasteiger partial charge in [0, 0.05) is 42.3 Å². The molecule has 5 rings (SSSR count). The van der Waals surface area contributed by atoms with E-state index in [4.69, 9.17) is 0 Å². The third-order valence-electron chi connectivity index (χ3n) is 8.44. The van der Waals surface area contributed by atoms with Crippen molar-refractivity contribution in [1.29, 1.82) is 0 Å². The van der Waals surface area contributed by atoms with Gasteiger partial charge in [-0.2, -0.15) is 0 Å². The van der Waals surface area contributed by atoms with Crippen LogP contribution in [0.15, 0.2) is 48.7 Å². The molecule has 1 unspecified atom stereocenters. The maximum Gasteiger partial charge on any atom is 0.320 e.